The molecule has 0 aromatic carbocycles. The van der Waals surface area contributed by atoms with Crippen LogP contribution in [0.4, 0.5) is 0 Å². The van der Waals surface area contributed by atoms with E-state index in [0.29, 0.717) is 17.9 Å². The Morgan fingerprint density at radius 2 is 1.84 bits per heavy atom. The third-order valence-electron chi connectivity index (χ3n) is 6.10. The number of nitrogens with one attached hydrogen (secondary N) is 1. The Labute approximate surface area is 180 Å². The predicted molar refractivity (Wildman–Crippen MR) is 114 cm³/mol. The molecule has 0 atom stereocenters. The van der Waals surface area contributed by atoms with E-state index in [1.807, 2.05) is 11.5 Å². The SMILES string of the molecule is CCn1c(-c2cnc(C)nc2)nc2c(OC3CCC(NC(=O)C4CC4)CC3)ncnc21. The molecule has 3 aromatic heterocycles. The fourth-order valence-electron chi connectivity index (χ4n) is 4.18. The topological polar surface area (TPSA) is 108 Å². The van der Waals surface area contributed by atoms with Gasteiger partial charge in [0.05, 0.1) is 5.56 Å². The van der Waals surface area contributed by atoms with E-state index < -0.39 is 0 Å². The van der Waals surface area contributed by atoms with Crippen LogP contribution in [0.1, 0.15) is 51.3 Å². The van der Waals surface area contributed by atoms with Gasteiger partial charge < -0.3 is 14.6 Å². The molecule has 9 heteroatoms. The van der Waals surface area contributed by atoms with Crippen molar-refractivity contribution in [2.75, 3.05) is 0 Å². The average molecular weight is 422 g/mol. The average Bonchev–Trinajstić information content (AvgIpc) is 3.57. The molecule has 0 bridgehead atoms. The Hall–Kier alpha value is -3.10. The Kier molecular flexibility index (Phi) is 5.25. The Bertz CT molecular complexity index is 1080. The molecular formula is C22H27N7O2. The molecule has 2 fully saturated rings. The van der Waals surface area contributed by atoms with Crippen LogP contribution in [0.5, 0.6) is 5.88 Å². The smallest absolute Gasteiger partial charge is 0.245 e. The first kappa shape index (κ1) is 19.8. The summed E-state index contributed by atoms with van der Waals surface area (Å²) in [5.74, 6) is 2.46. The lowest BCUT2D eigenvalue weighted by atomic mass is 9.93. The summed E-state index contributed by atoms with van der Waals surface area (Å²) in [4.78, 5) is 34.3. The molecule has 2 saturated carbocycles. The number of nitrogens with zero attached hydrogens (tertiary/aromatic N) is 6. The van der Waals surface area contributed by atoms with E-state index in [-0.39, 0.29) is 24.0 Å². The minimum absolute atomic E-state index is 0.0603. The van der Waals surface area contributed by atoms with E-state index in [1.165, 1.54) is 6.33 Å². The van der Waals surface area contributed by atoms with Crippen molar-refractivity contribution >= 4 is 17.1 Å². The molecule has 0 aliphatic heterocycles. The quantitative estimate of drug-likeness (QED) is 0.652. The second-order valence-electron chi connectivity index (χ2n) is 8.42. The zero-order valence-corrected chi connectivity index (χ0v) is 17.9. The number of fused-ring (bicyclic) bond motifs is 1. The van der Waals surface area contributed by atoms with Gasteiger partial charge in [-0.25, -0.2) is 19.9 Å². The highest BCUT2D eigenvalue weighted by atomic mass is 16.5. The molecule has 5 rings (SSSR count). The van der Waals surface area contributed by atoms with Crippen molar-refractivity contribution in [1.29, 1.82) is 0 Å². The summed E-state index contributed by atoms with van der Waals surface area (Å²) in [5.41, 5.74) is 2.24. The summed E-state index contributed by atoms with van der Waals surface area (Å²) in [7, 11) is 0. The van der Waals surface area contributed by atoms with E-state index in [0.717, 1.165) is 61.4 Å². The van der Waals surface area contributed by atoms with E-state index in [1.54, 1.807) is 12.4 Å². The van der Waals surface area contributed by atoms with Gasteiger partial charge >= 0.3 is 0 Å². The van der Waals surface area contributed by atoms with Crippen LogP contribution in [-0.4, -0.2) is 47.5 Å². The van der Waals surface area contributed by atoms with Crippen LogP contribution >= 0.6 is 0 Å². The van der Waals surface area contributed by atoms with E-state index in [9.17, 15) is 4.79 Å². The third-order valence-corrected chi connectivity index (χ3v) is 6.10. The molecule has 9 nitrogen and oxygen atoms in total. The van der Waals surface area contributed by atoms with Crippen molar-refractivity contribution in [3.05, 3.63) is 24.5 Å². The minimum atomic E-state index is 0.0603. The highest BCUT2D eigenvalue weighted by Crippen LogP contribution is 2.32. The van der Waals surface area contributed by atoms with Crippen molar-refractivity contribution in [2.24, 2.45) is 5.92 Å². The number of imidazole rings is 1. The molecule has 3 heterocycles. The second kappa shape index (κ2) is 8.20. The van der Waals surface area contributed by atoms with Gasteiger partial charge in [-0.2, -0.15) is 4.98 Å². The monoisotopic (exact) mass is 421 g/mol. The number of carbonyl (C=O) groups is 1. The molecule has 31 heavy (non-hydrogen) atoms. The predicted octanol–water partition coefficient (Wildman–Crippen LogP) is 2.83. The highest BCUT2D eigenvalue weighted by molar-refractivity contribution is 5.81. The van der Waals surface area contributed by atoms with E-state index in [4.69, 9.17) is 9.72 Å². The van der Waals surface area contributed by atoms with Crippen LogP contribution in [0.3, 0.4) is 0 Å². The molecule has 0 spiro atoms. The lowest BCUT2D eigenvalue weighted by Gasteiger charge is -2.29. The third kappa shape index (κ3) is 4.08. The Morgan fingerprint density at radius 3 is 2.52 bits per heavy atom. The van der Waals surface area contributed by atoms with Crippen LogP contribution in [0.15, 0.2) is 18.7 Å². The van der Waals surface area contributed by atoms with Crippen LogP contribution in [0.2, 0.25) is 0 Å². The van der Waals surface area contributed by atoms with Crippen molar-refractivity contribution < 1.29 is 9.53 Å². The molecule has 162 valence electrons. The van der Waals surface area contributed by atoms with Gasteiger partial charge in [-0.1, -0.05) is 0 Å². The normalized spacial score (nSPS) is 21.2. The summed E-state index contributed by atoms with van der Waals surface area (Å²) in [6.45, 7) is 4.62. The van der Waals surface area contributed by atoms with Gasteiger partial charge in [0.1, 0.15) is 24.1 Å². The summed E-state index contributed by atoms with van der Waals surface area (Å²) < 4.78 is 8.31. The zero-order valence-electron chi connectivity index (χ0n) is 17.9. The maximum Gasteiger partial charge on any atom is 0.245 e. The minimum Gasteiger partial charge on any atom is -0.473 e. The summed E-state index contributed by atoms with van der Waals surface area (Å²) in [5, 5.41) is 3.19. The van der Waals surface area contributed by atoms with Crippen molar-refractivity contribution in [3.63, 3.8) is 0 Å². The Balaban J connectivity index is 1.33. The molecule has 0 saturated heterocycles. The van der Waals surface area contributed by atoms with Gasteiger partial charge in [0.15, 0.2) is 11.2 Å². The standard InChI is InChI=1S/C22H27N7O2/c1-3-29-19(15-10-23-13(2)24-11-15)28-18-20(29)25-12-26-22(18)31-17-8-6-16(7-9-17)27-21(30)14-4-5-14/h10-12,14,16-17H,3-9H2,1-2H3,(H,27,30). The van der Waals surface area contributed by atoms with E-state index in [2.05, 4.69) is 32.2 Å². The zero-order chi connectivity index (χ0) is 21.4. The second-order valence-corrected chi connectivity index (χ2v) is 8.42. The Morgan fingerprint density at radius 1 is 1.10 bits per heavy atom. The molecule has 0 unspecified atom stereocenters. The molecule has 2 aliphatic carbocycles. The fraction of sp³-hybridized carbons (Fsp3) is 0.545. The number of hydrogen-bond donors (Lipinski definition) is 1. The van der Waals surface area contributed by atoms with Crippen molar-refractivity contribution in [3.8, 4) is 17.3 Å². The molecule has 0 radical (unpaired) electrons. The van der Waals surface area contributed by atoms with Gasteiger partial charge in [-0.15, -0.1) is 0 Å². The number of amides is 1. The van der Waals surface area contributed by atoms with Gasteiger partial charge in [-0.05, 0) is 52.4 Å². The highest BCUT2D eigenvalue weighted by Gasteiger charge is 2.32. The first-order chi connectivity index (χ1) is 15.1. The summed E-state index contributed by atoms with van der Waals surface area (Å²) in [6, 6.07) is 0.255. The molecule has 3 aromatic rings. The molecule has 1 N–H and O–H groups in total. The lowest BCUT2D eigenvalue weighted by molar-refractivity contribution is -0.123. The van der Waals surface area contributed by atoms with Crippen LogP contribution in [0.25, 0.3) is 22.6 Å². The van der Waals surface area contributed by atoms with Crippen LogP contribution < -0.4 is 10.1 Å². The number of carbonyl (C=O) groups excluding carboxylic acids is 1. The number of aromatic nitrogens is 6. The first-order valence-corrected chi connectivity index (χ1v) is 11.1. The largest absolute Gasteiger partial charge is 0.473 e. The maximum absolute atomic E-state index is 12.0. The van der Waals surface area contributed by atoms with Crippen LogP contribution in [0, 0.1) is 12.8 Å². The summed E-state index contributed by atoms with van der Waals surface area (Å²) >= 11 is 0. The number of hydrogen-bond acceptors (Lipinski definition) is 7. The molecule has 1 amide bonds. The van der Waals surface area contributed by atoms with Gasteiger partial charge in [0.25, 0.3) is 0 Å². The van der Waals surface area contributed by atoms with Crippen LogP contribution in [-0.2, 0) is 11.3 Å². The number of aryl methyl sites for hydroxylation is 2. The van der Waals surface area contributed by atoms with Crippen molar-refractivity contribution in [2.45, 2.75) is 71.1 Å². The van der Waals surface area contributed by atoms with Gasteiger partial charge in [-0.3, -0.25) is 4.79 Å². The number of rotatable bonds is 6. The molecule has 2 aliphatic rings. The fourth-order valence-corrected chi connectivity index (χ4v) is 4.18. The maximum atomic E-state index is 12.0. The van der Waals surface area contributed by atoms with Gasteiger partial charge in [0.2, 0.25) is 11.8 Å². The lowest BCUT2D eigenvalue weighted by Crippen LogP contribution is -2.40. The summed E-state index contributed by atoms with van der Waals surface area (Å²) in [6.07, 6.45) is 10.8. The van der Waals surface area contributed by atoms with E-state index >= 15 is 0 Å². The van der Waals surface area contributed by atoms with Crippen molar-refractivity contribution in [1.82, 2.24) is 34.8 Å². The van der Waals surface area contributed by atoms with Gasteiger partial charge in [0, 0.05) is 30.9 Å². The first-order valence-electron chi connectivity index (χ1n) is 11.1. The number of ether oxygens (including phenoxy) is 1. The molecular weight excluding hydrogens is 394 g/mol.